The van der Waals surface area contributed by atoms with Crippen LogP contribution in [0.5, 0.6) is 0 Å². The molecule has 0 spiro atoms. The molecule has 0 aliphatic rings. The molecule has 1 heterocycles. The molecule has 2 heteroatoms. The smallest absolute Gasteiger partial charge is 0.237 e. The largest absolute Gasteiger partial charge is 0.244 e. The number of aryl methyl sites for hydroxylation is 1. The molecule has 0 aliphatic carbocycles. The van der Waals surface area contributed by atoms with E-state index in [4.69, 9.17) is 0 Å². The van der Waals surface area contributed by atoms with Crippen LogP contribution in [0.2, 0.25) is 0 Å². The Labute approximate surface area is 298 Å². The molecule has 0 saturated heterocycles. The zero-order valence-electron chi connectivity index (χ0n) is 31.9. The van der Waals surface area contributed by atoms with Gasteiger partial charge in [-0.15, -0.1) is 0 Å². The summed E-state index contributed by atoms with van der Waals surface area (Å²) in [6, 6.07) is 23.0. The summed E-state index contributed by atoms with van der Waals surface area (Å²) in [5.41, 5.74) is 2.90. The molecular weight excluding hydrogens is 581 g/mol. The summed E-state index contributed by atoms with van der Waals surface area (Å²) in [4.78, 5) is 0. The maximum atomic E-state index is 2.58. The molecule has 0 N–H and O–H groups in total. The lowest BCUT2D eigenvalue weighted by molar-refractivity contribution is -0.697. The van der Waals surface area contributed by atoms with E-state index in [1.807, 2.05) is 0 Å². The molecule has 0 fully saturated rings. The normalized spacial score (nSPS) is 13.5. The predicted molar refractivity (Wildman–Crippen MR) is 210 cm³/mol. The van der Waals surface area contributed by atoms with E-state index in [1.165, 1.54) is 165 Å². The average Bonchev–Trinajstić information content (AvgIpc) is 3.58. The van der Waals surface area contributed by atoms with E-state index < -0.39 is 0 Å². The minimum absolute atomic E-state index is 0.0107. The van der Waals surface area contributed by atoms with Crippen LogP contribution < -0.4 is 4.57 Å². The van der Waals surface area contributed by atoms with E-state index in [0.717, 1.165) is 13.0 Å². The fourth-order valence-corrected chi connectivity index (χ4v) is 7.91. The molecule has 1 aromatic heterocycles. The zero-order valence-corrected chi connectivity index (χ0v) is 31.9. The van der Waals surface area contributed by atoms with Crippen LogP contribution in [-0.2, 0) is 18.4 Å². The van der Waals surface area contributed by atoms with Gasteiger partial charge in [-0.25, -0.2) is 9.13 Å². The van der Waals surface area contributed by atoms with Gasteiger partial charge in [-0.3, -0.25) is 0 Å². The average molecular weight is 656 g/mol. The van der Waals surface area contributed by atoms with Gasteiger partial charge < -0.3 is 0 Å². The molecule has 3 rings (SSSR count). The summed E-state index contributed by atoms with van der Waals surface area (Å²) in [6.45, 7) is 8.28. The Kier molecular flexibility index (Phi) is 21.4. The second-order valence-corrected chi connectivity index (χ2v) is 15.3. The summed E-state index contributed by atoms with van der Waals surface area (Å²) in [5.74, 6) is 0. The Morgan fingerprint density at radius 2 is 0.979 bits per heavy atom. The maximum absolute atomic E-state index is 2.58. The Morgan fingerprint density at radius 1 is 0.542 bits per heavy atom. The number of aromatic nitrogens is 2. The number of benzene rings is 2. The van der Waals surface area contributed by atoms with Gasteiger partial charge in [0, 0.05) is 5.41 Å². The minimum atomic E-state index is 0.0107. The van der Waals surface area contributed by atoms with Crippen molar-refractivity contribution < 1.29 is 4.57 Å². The number of hydrogen-bond acceptors (Lipinski definition) is 0. The lowest BCUT2D eigenvalue weighted by Gasteiger charge is -2.37. The summed E-state index contributed by atoms with van der Waals surface area (Å²) >= 11 is 0. The quantitative estimate of drug-likeness (QED) is 0.0499. The predicted octanol–water partition coefficient (Wildman–Crippen LogP) is 13.9. The fraction of sp³-hybridized carbons (Fsp3) is 0.674. The van der Waals surface area contributed by atoms with Crippen molar-refractivity contribution in [3.05, 3.63) is 90.5 Å². The first-order chi connectivity index (χ1) is 23.7. The van der Waals surface area contributed by atoms with Crippen LogP contribution in [0.25, 0.3) is 0 Å². The third kappa shape index (κ3) is 15.9. The highest BCUT2D eigenvalue weighted by Gasteiger charge is 2.40. The number of unbranched alkanes of at least 4 members (excludes halogenated alkanes) is 21. The van der Waals surface area contributed by atoms with Crippen LogP contribution in [-0.4, -0.2) is 4.57 Å². The molecule has 0 radical (unpaired) electrons. The molecule has 2 aromatic carbocycles. The molecule has 2 atom stereocenters. The first-order valence-electron chi connectivity index (χ1n) is 20.8. The third-order valence-corrected chi connectivity index (χ3v) is 11.0. The first kappa shape index (κ1) is 40.1. The van der Waals surface area contributed by atoms with E-state index in [-0.39, 0.29) is 5.41 Å². The second-order valence-electron chi connectivity index (χ2n) is 15.3. The number of hydrogen-bond donors (Lipinski definition) is 0. The lowest BCUT2D eigenvalue weighted by atomic mass is 9.70. The standard InChI is InChI=1S/C46H75N2/c1-4-6-8-10-12-13-14-15-16-17-18-19-20-21-22-24-32-38-47-39-40-48(42-47)45(37-31-23-11-9-7-5-2)46(3,44-35-29-26-30-36-44)41-43-33-27-25-28-34-43/h25-30,33-36,39-40,42,45H,4-24,31-32,37-38,41H2,1-3H3/q+1. The molecule has 0 bridgehead atoms. The van der Waals surface area contributed by atoms with Gasteiger partial charge in [0.1, 0.15) is 18.4 Å². The molecule has 48 heavy (non-hydrogen) atoms. The van der Waals surface area contributed by atoms with Gasteiger partial charge in [-0.2, -0.15) is 0 Å². The Hall–Kier alpha value is -2.35. The van der Waals surface area contributed by atoms with Gasteiger partial charge in [0.25, 0.3) is 0 Å². The fourth-order valence-electron chi connectivity index (χ4n) is 7.91. The van der Waals surface area contributed by atoms with Crippen molar-refractivity contribution in [2.24, 2.45) is 0 Å². The van der Waals surface area contributed by atoms with E-state index in [0.29, 0.717) is 6.04 Å². The molecular formula is C46H75N2+. The molecule has 2 unspecified atom stereocenters. The third-order valence-electron chi connectivity index (χ3n) is 11.0. The summed E-state index contributed by atoms with van der Waals surface area (Å²) < 4.78 is 5.04. The van der Waals surface area contributed by atoms with E-state index in [1.54, 1.807) is 0 Å². The molecule has 0 saturated carbocycles. The van der Waals surface area contributed by atoms with Crippen molar-refractivity contribution in [1.29, 1.82) is 0 Å². The highest BCUT2D eigenvalue weighted by atomic mass is 15.1. The second kappa shape index (κ2) is 25.6. The summed E-state index contributed by atoms with van der Waals surface area (Å²) in [5, 5.41) is 0. The van der Waals surface area contributed by atoms with Crippen LogP contribution in [0.15, 0.2) is 79.4 Å². The minimum Gasteiger partial charge on any atom is -0.237 e. The van der Waals surface area contributed by atoms with Crippen molar-refractivity contribution in [2.75, 3.05) is 0 Å². The first-order valence-corrected chi connectivity index (χ1v) is 20.8. The highest BCUT2D eigenvalue weighted by Crippen LogP contribution is 2.41. The molecule has 2 nitrogen and oxygen atoms in total. The van der Waals surface area contributed by atoms with E-state index in [9.17, 15) is 0 Å². The van der Waals surface area contributed by atoms with Crippen molar-refractivity contribution in [3.63, 3.8) is 0 Å². The Balaban J connectivity index is 1.44. The van der Waals surface area contributed by atoms with Crippen molar-refractivity contribution in [3.8, 4) is 0 Å². The zero-order chi connectivity index (χ0) is 34.0. The van der Waals surface area contributed by atoms with Crippen LogP contribution >= 0.6 is 0 Å². The SMILES string of the molecule is CCCCCCCCCCCCCCCCCCC[n+]1ccn(C(CCCCCCCC)C(C)(Cc2ccccc2)c2ccccc2)c1. The summed E-state index contributed by atoms with van der Waals surface area (Å²) in [7, 11) is 0. The van der Waals surface area contributed by atoms with Gasteiger partial charge in [0.05, 0.1) is 6.54 Å². The Bertz CT molecular complexity index is 1140. The van der Waals surface area contributed by atoms with Crippen LogP contribution in [0.3, 0.4) is 0 Å². The van der Waals surface area contributed by atoms with E-state index >= 15 is 0 Å². The molecule has 0 aliphatic heterocycles. The number of rotatable bonds is 30. The topological polar surface area (TPSA) is 8.81 Å². The van der Waals surface area contributed by atoms with Crippen molar-refractivity contribution in [1.82, 2.24) is 4.57 Å². The van der Waals surface area contributed by atoms with Gasteiger partial charge in [-0.05, 0) is 43.2 Å². The van der Waals surface area contributed by atoms with Crippen LogP contribution in [0, 0.1) is 0 Å². The van der Waals surface area contributed by atoms with Crippen molar-refractivity contribution >= 4 is 0 Å². The van der Waals surface area contributed by atoms with Crippen molar-refractivity contribution in [2.45, 2.75) is 199 Å². The molecule has 268 valence electrons. The van der Waals surface area contributed by atoms with Crippen LogP contribution in [0.4, 0.5) is 0 Å². The lowest BCUT2D eigenvalue weighted by Crippen LogP contribution is -2.38. The van der Waals surface area contributed by atoms with Gasteiger partial charge in [0.15, 0.2) is 0 Å². The summed E-state index contributed by atoms with van der Waals surface area (Å²) in [6.07, 6.45) is 41.7. The molecule has 3 aromatic rings. The van der Waals surface area contributed by atoms with Crippen LogP contribution in [0.1, 0.15) is 192 Å². The number of imidazole rings is 1. The maximum Gasteiger partial charge on any atom is 0.244 e. The van der Waals surface area contributed by atoms with Gasteiger partial charge in [-0.1, -0.05) is 210 Å². The monoisotopic (exact) mass is 656 g/mol. The van der Waals surface area contributed by atoms with E-state index in [2.05, 4.69) is 109 Å². The van der Waals surface area contributed by atoms with Gasteiger partial charge in [0.2, 0.25) is 6.33 Å². The number of nitrogens with zero attached hydrogens (tertiary/aromatic N) is 2. The Morgan fingerprint density at radius 3 is 1.48 bits per heavy atom. The highest BCUT2D eigenvalue weighted by molar-refractivity contribution is 5.30. The van der Waals surface area contributed by atoms with Gasteiger partial charge >= 0.3 is 0 Å². The molecule has 0 amide bonds.